The van der Waals surface area contributed by atoms with Crippen LogP contribution < -0.4 is 31.4 Å². The summed E-state index contributed by atoms with van der Waals surface area (Å²) in [4.78, 5) is 48.2. The van der Waals surface area contributed by atoms with Crippen LogP contribution in [0.15, 0.2) is 18.2 Å². The highest BCUT2D eigenvalue weighted by Crippen LogP contribution is 2.27. The number of rotatable bonds is 10. The predicted octanol–water partition coefficient (Wildman–Crippen LogP) is 2.56. The Morgan fingerprint density at radius 3 is 2.54 bits per heavy atom. The van der Waals surface area contributed by atoms with Crippen LogP contribution in [0.2, 0.25) is 5.15 Å². The van der Waals surface area contributed by atoms with Crippen LogP contribution in [0, 0.1) is 0 Å². The van der Waals surface area contributed by atoms with E-state index in [1.807, 2.05) is 45.9 Å². The monoisotopic (exact) mass is 686 g/mol. The second-order valence-corrected chi connectivity index (χ2v) is 13.3. The van der Waals surface area contributed by atoms with Gasteiger partial charge in [-0.25, -0.2) is 23.9 Å². The van der Waals surface area contributed by atoms with E-state index in [2.05, 4.69) is 29.7 Å². The number of nitrogen functional groups attached to an aromatic ring is 2. The number of piperidine rings is 1. The van der Waals surface area contributed by atoms with Crippen molar-refractivity contribution in [3.63, 3.8) is 0 Å². The molecule has 2 saturated heterocycles. The van der Waals surface area contributed by atoms with E-state index >= 15 is 0 Å². The highest BCUT2D eigenvalue weighted by Gasteiger charge is 2.32. The largest absolute Gasteiger partial charge is 0.479 e. The molecule has 260 valence electrons. The number of nitrogens with two attached hydrogens (primary N) is 2. The summed E-state index contributed by atoms with van der Waals surface area (Å²) < 4.78 is 21.7. The van der Waals surface area contributed by atoms with Crippen LogP contribution >= 0.6 is 11.6 Å². The fourth-order valence-electron chi connectivity index (χ4n) is 6.05. The van der Waals surface area contributed by atoms with Gasteiger partial charge in [0.2, 0.25) is 5.52 Å². The molecule has 2 fully saturated rings. The van der Waals surface area contributed by atoms with Crippen LogP contribution in [0.25, 0.3) is 11.0 Å². The average molecular weight is 687 g/mol. The molecule has 1 atom stereocenters. The zero-order chi connectivity index (χ0) is 34.6. The summed E-state index contributed by atoms with van der Waals surface area (Å²) in [5.41, 5.74) is 12.6. The topological polar surface area (TPSA) is 193 Å². The normalized spacial score (nSPS) is 17.0. The van der Waals surface area contributed by atoms with E-state index in [4.69, 9.17) is 37.3 Å². The van der Waals surface area contributed by atoms with Gasteiger partial charge >= 0.3 is 6.09 Å². The molecule has 2 aliphatic heterocycles. The molecule has 0 saturated carbocycles. The van der Waals surface area contributed by atoms with Crippen molar-refractivity contribution in [3.8, 4) is 5.75 Å². The van der Waals surface area contributed by atoms with Crippen molar-refractivity contribution < 1.29 is 33.2 Å². The van der Waals surface area contributed by atoms with E-state index in [0.717, 1.165) is 29.7 Å². The van der Waals surface area contributed by atoms with Crippen molar-refractivity contribution in [1.82, 2.24) is 30.1 Å². The van der Waals surface area contributed by atoms with E-state index in [0.29, 0.717) is 51.4 Å². The Bertz CT molecular complexity index is 1660. The molecule has 3 aromatic rings. The fourth-order valence-corrected chi connectivity index (χ4v) is 6.18. The Labute approximate surface area is 284 Å². The maximum absolute atomic E-state index is 13.2. The Morgan fingerprint density at radius 2 is 1.88 bits per heavy atom. The number of para-hydroxylation sites is 1. The number of carbonyl (C=O) groups is 3. The Kier molecular flexibility index (Phi) is 10.8. The van der Waals surface area contributed by atoms with Crippen molar-refractivity contribution in [3.05, 3.63) is 34.9 Å². The average Bonchev–Trinajstić information content (AvgIpc) is 3.66. The Morgan fingerprint density at radius 1 is 1.12 bits per heavy atom. The van der Waals surface area contributed by atoms with Gasteiger partial charge in [-0.3, -0.25) is 9.59 Å². The first-order valence-electron chi connectivity index (χ1n) is 16.3. The smallest absolute Gasteiger partial charge is 0.410 e. The number of nitrogens with one attached hydrogen (secondary N) is 2. The molecule has 6 N–H and O–H groups in total. The number of benzene rings is 1. The quantitative estimate of drug-likeness (QED) is 0.230. The lowest BCUT2D eigenvalue weighted by Crippen LogP contribution is -2.48. The number of anilines is 2. The summed E-state index contributed by atoms with van der Waals surface area (Å²) in [6, 6.07) is 5.61. The zero-order valence-corrected chi connectivity index (χ0v) is 28.6. The number of aryl methyl sites for hydroxylation is 1. The van der Waals surface area contributed by atoms with Crippen molar-refractivity contribution in [2.45, 2.75) is 90.8 Å². The number of fused-ring (bicyclic) bond motifs is 1. The molecule has 0 radical (unpaired) electrons. The molecular formula is C32H45ClN9O6+. The van der Waals surface area contributed by atoms with Crippen LogP contribution in [0.3, 0.4) is 0 Å². The van der Waals surface area contributed by atoms with E-state index in [-0.39, 0.29) is 59.8 Å². The summed E-state index contributed by atoms with van der Waals surface area (Å²) in [5.74, 6) is 0.336. The van der Waals surface area contributed by atoms with Gasteiger partial charge in [0.05, 0.1) is 12.6 Å². The molecule has 2 aromatic heterocycles. The third kappa shape index (κ3) is 8.19. The number of imidazole rings is 1. The Hall–Kier alpha value is -4.37. The summed E-state index contributed by atoms with van der Waals surface area (Å²) in [6.07, 6.45) is 2.80. The SMILES string of the molecule is CC[n+]1c(CNC(=O)c2nc(Cl)c(N)nc2N)n(C[C@@H]2CCCO2)c2cccc(OCC(=O)NC3CCN(C(=O)OC(C)(C)C)CC3)c21. The molecule has 3 amide bonds. The van der Waals surface area contributed by atoms with Gasteiger partial charge < -0.3 is 41.2 Å². The molecule has 0 aliphatic carbocycles. The minimum Gasteiger partial charge on any atom is -0.479 e. The molecule has 4 heterocycles. The summed E-state index contributed by atoms with van der Waals surface area (Å²) in [7, 11) is 0. The van der Waals surface area contributed by atoms with Crippen molar-refractivity contribution in [2.75, 3.05) is 37.8 Å². The lowest BCUT2D eigenvalue weighted by molar-refractivity contribution is -0.676. The van der Waals surface area contributed by atoms with Crippen LogP contribution in [-0.2, 0) is 33.9 Å². The van der Waals surface area contributed by atoms with Gasteiger partial charge in [-0.05, 0) is 65.5 Å². The number of amides is 3. The third-order valence-corrected chi connectivity index (χ3v) is 8.56. The minimum atomic E-state index is -0.561. The van der Waals surface area contributed by atoms with Gasteiger partial charge in [0.25, 0.3) is 17.6 Å². The summed E-state index contributed by atoms with van der Waals surface area (Å²) >= 11 is 6.01. The molecule has 1 aromatic carbocycles. The zero-order valence-electron chi connectivity index (χ0n) is 27.9. The molecule has 2 aliphatic rings. The molecule has 15 nitrogen and oxygen atoms in total. The summed E-state index contributed by atoms with van der Waals surface area (Å²) in [6.45, 7) is 10.3. The van der Waals surface area contributed by atoms with Gasteiger partial charge in [0.1, 0.15) is 18.7 Å². The first-order valence-corrected chi connectivity index (χ1v) is 16.6. The van der Waals surface area contributed by atoms with Crippen molar-refractivity contribution in [2.24, 2.45) is 0 Å². The lowest BCUT2D eigenvalue weighted by atomic mass is 10.1. The first-order chi connectivity index (χ1) is 22.8. The van der Waals surface area contributed by atoms with Gasteiger partial charge in [-0.2, -0.15) is 0 Å². The number of hydrogen-bond donors (Lipinski definition) is 4. The van der Waals surface area contributed by atoms with E-state index < -0.39 is 11.5 Å². The standard InChI is InChI=1S/C32H44ClN9O6/c1-5-41-24(16-36-30(44)25-28(34)39-29(35)27(33)38-25)42(17-20-8-7-15-46-20)21-9-6-10-22(26(21)41)47-18-23(43)37-19-11-13-40(14-12-19)31(45)48-32(2,3)4/h6,9-10,19-20H,5,7-8,11-18H2,1-4H3,(H5-,34,35,36,37,39,43,44)/p+1/t20-/m0/s1. The molecule has 5 rings (SSSR count). The number of ether oxygens (including phenoxy) is 3. The maximum atomic E-state index is 13.2. The van der Waals surface area contributed by atoms with E-state index in [1.165, 1.54) is 0 Å². The number of halogens is 1. The Balaban J connectivity index is 1.31. The molecular weight excluding hydrogens is 642 g/mol. The van der Waals surface area contributed by atoms with E-state index in [9.17, 15) is 14.4 Å². The van der Waals surface area contributed by atoms with Gasteiger partial charge in [-0.15, -0.1) is 0 Å². The maximum Gasteiger partial charge on any atom is 0.410 e. The summed E-state index contributed by atoms with van der Waals surface area (Å²) in [5, 5.41) is 5.83. The fraction of sp³-hybridized carbons (Fsp3) is 0.562. The molecule has 48 heavy (non-hydrogen) atoms. The van der Waals surface area contributed by atoms with E-state index in [1.54, 1.807) is 4.90 Å². The highest BCUT2D eigenvalue weighted by atomic mass is 35.5. The minimum absolute atomic E-state index is 0.00913. The molecule has 0 unspecified atom stereocenters. The lowest BCUT2D eigenvalue weighted by Gasteiger charge is -2.33. The van der Waals surface area contributed by atoms with Crippen molar-refractivity contribution in [1.29, 1.82) is 0 Å². The number of carbonyl (C=O) groups excluding carboxylic acids is 3. The van der Waals surface area contributed by atoms with Crippen LogP contribution in [0.5, 0.6) is 5.75 Å². The third-order valence-electron chi connectivity index (χ3n) is 8.29. The van der Waals surface area contributed by atoms with Crippen LogP contribution in [0.1, 0.15) is 69.7 Å². The first kappa shape index (κ1) is 35.0. The van der Waals surface area contributed by atoms with Gasteiger partial charge in [0.15, 0.2) is 40.4 Å². The number of nitrogens with zero attached hydrogens (tertiary/aromatic N) is 5. The second-order valence-electron chi connectivity index (χ2n) is 12.9. The number of hydrogen-bond acceptors (Lipinski definition) is 10. The molecule has 0 spiro atoms. The molecule has 0 bridgehead atoms. The second kappa shape index (κ2) is 14.8. The van der Waals surface area contributed by atoms with Gasteiger partial charge in [0, 0.05) is 25.7 Å². The highest BCUT2D eigenvalue weighted by molar-refractivity contribution is 6.31. The van der Waals surface area contributed by atoms with Crippen molar-refractivity contribution >= 4 is 52.2 Å². The molecule has 16 heteroatoms. The van der Waals surface area contributed by atoms with Crippen LogP contribution in [0.4, 0.5) is 16.4 Å². The number of aromatic nitrogens is 4. The van der Waals surface area contributed by atoms with Gasteiger partial charge in [-0.1, -0.05) is 17.7 Å². The van der Waals surface area contributed by atoms with Crippen LogP contribution in [-0.4, -0.2) is 81.4 Å². The predicted molar refractivity (Wildman–Crippen MR) is 178 cm³/mol. The number of likely N-dealkylation sites (tertiary alicyclic amines) is 1.